The zero-order chi connectivity index (χ0) is 14.1. The van der Waals surface area contributed by atoms with Gasteiger partial charge in [0.05, 0.1) is 0 Å². The number of hydrogen-bond acceptors (Lipinski definition) is 4. The summed E-state index contributed by atoms with van der Waals surface area (Å²) in [4.78, 5) is 13.9. The first-order valence-corrected chi connectivity index (χ1v) is 7.59. The Morgan fingerprint density at radius 2 is 2.05 bits per heavy atom. The molecule has 2 aliphatic heterocycles. The van der Waals surface area contributed by atoms with Gasteiger partial charge in [0.2, 0.25) is 0 Å². The topological polar surface area (TPSA) is 71.2 Å². The standard InChI is InChI=1S/C14H22N4O2/c1-2-17-8-6-10(7-9-17)13-16-15-12-5-3-4-11(14(19)20)18(12)13/h10-11H,2-9H2,1H3,(H,19,20). The first kappa shape index (κ1) is 13.5. The van der Waals surface area contributed by atoms with E-state index in [9.17, 15) is 9.90 Å². The molecule has 6 nitrogen and oxygen atoms in total. The average Bonchev–Trinajstić information content (AvgIpc) is 2.91. The molecule has 0 spiro atoms. The number of aliphatic carboxylic acids is 1. The molecule has 3 rings (SSSR count). The highest BCUT2D eigenvalue weighted by Gasteiger charge is 2.33. The molecule has 1 atom stereocenters. The average molecular weight is 278 g/mol. The molecule has 6 heteroatoms. The highest BCUT2D eigenvalue weighted by atomic mass is 16.4. The van der Waals surface area contributed by atoms with Gasteiger partial charge >= 0.3 is 5.97 Å². The van der Waals surface area contributed by atoms with Crippen LogP contribution in [0.3, 0.4) is 0 Å². The van der Waals surface area contributed by atoms with Crippen LogP contribution in [-0.4, -0.2) is 50.4 Å². The lowest BCUT2D eigenvalue weighted by Crippen LogP contribution is -2.34. The Morgan fingerprint density at radius 1 is 1.30 bits per heavy atom. The van der Waals surface area contributed by atoms with E-state index >= 15 is 0 Å². The summed E-state index contributed by atoms with van der Waals surface area (Å²) in [6.45, 7) is 5.41. The number of likely N-dealkylation sites (tertiary alicyclic amines) is 1. The molecule has 0 bridgehead atoms. The molecule has 1 fully saturated rings. The fourth-order valence-corrected chi connectivity index (χ4v) is 3.45. The fourth-order valence-electron chi connectivity index (χ4n) is 3.45. The van der Waals surface area contributed by atoms with Crippen LogP contribution >= 0.6 is 0 Å². The molecule has 0 radical (unpaired) electrons. The number of carboxylic acid groups (broad SMARTS) is 1. The van der Waals surface area contributed by atoms with Crippen LogP contribution in [0, 0.1) is 0 Å². The van der Waals surface area contributed by atoms with Crippen LogP contribution in [0.4, 0.5) is 0 Å². The number of carbonyl (C=O) groups is 1. The molecule has 0 amide bonds. The Morgan fingerprint density at radius 3 is 2.70 bits per heavy atom. The lowest BCUT2D eigenvalue weighted by atomic mass is 9.94. The van der Waals surface area contributed by atoms with Gasteiger partial charge in [0.25, 0.3) is 0 Å². The first-order chi connectivity index (χ1) is 9.70. The second-order valence-corrected chi connectivity index (χ2v) is 5.80. The molecule has 1 aromatic rings. The SMILES string of the molecule is CCN1CCC(c2nnc3n2C(C(=O)O)CCC3)CC1. The molecule has 2 aliphatic rings. The maximum Gasteiger partial charge on any atom is 0.326 e. The smallest absolute Gasteiger partial charge is 0.326 e. The minimum absolute atomic E-state index is 0.360. The van der Waals surface area contributed by atoms with E-state index in [4.69, 9.17) is 0 Å². The minimum Gasteiger partial charge on any atom is -0.480 e. The van der Waals surface area contributed by atoms with E-state index in [-0.39, 0.29) is 0 Å². The maximum atomic E-state index is 11.5. The maximum absolute atomic E-state index is 11.5. The first-order valence-electron chi connectivity index (χ1n) is 7.59. The van der Waals surface area contributed by atoms with E-state index in [1.165, 1.54) is 0 Å². The van der Waals surface area contributed by atoms with Crippen molar-refractivity contribution in [2.45, 2.75) is 51.0 Å². The van der Waals surface area contributed by atoms with E-state index < -0.39 is 12.0 Å². The van der Waals surface area contributed by atoms with Crippen molar-refractivity contribution in [1.82, 2.24) is 19.7 Å². The summed E-state index contributed by atoms with van der Waals surface area (Å²) in [6.07, 6.45) is 4.55. The van der Waals surface area contributed by atoms with Crippen molar-refractivity contribution in [3.05, 3.63) is 11.6 Å². The van der Waals surface area contributed by atoms with Gasteiger partial charge in [-0.1, -0.05) is 6.92 Å². The minimum atomic E-state index is -0.752. The molecule has 1 unspecified atom stereocenters. The molecule has 1 saturated heterocycles. The molecule has 1 aromatic heterocycles. The van der Waals surface area contributed by atoms with E-state index in [2.05, 4.69) is 22.0 Å². The Bertz CT molecular complexity index is 491. The van der Waals surface area contributed by atoms with Gasteiger partial charge in [-0.3, -0.25) is 0 Å². The molecular formula is C14H22N4O2. The largest absolute Gasteiger partial charge is 0.480 e. The van der Waals surface area contributed by atoms with Crippen molar-refractivity contribution >= 4 is 5.97 Å². The van der Waals surface area contributed by atoms with Crippen molar-refractivity contribution in [2.24, 2.45) is 0 Å². The van der Waals surface area contributed by atoms with Crippen molar-refractivity contribution in [2.75, 3.05) is 19.6 Å². The van der Waals surface area contributed by atoms with Gasteiger partial charge in [-0.2, -0.15) is 0 Å². The van der Waals surface area contributed by atoms with Crippen molar-refractivity contribution in [1.29, 1.82) is 0 Å². The van der Waals surface area contributed by atoms with Gasteiger partial charge < -0.3 is 14.6 Å². The Hall–Kier alpha value is -1.43. The number of fused-ring (bicyclic) bond motifs is 1. The molecule has 0 aromatic carbocycles. The van der Waals surface area contributed by atoms with Crippen LogP contribution in [-0.2, 0) is 11.2 Å². The highest BCUT2D eigenvalue weighted by molar-refractivity contribution is 5.72. The number of piperidine rings is 1. The molecular weight excluding hydrogens is 256 g/mol. The van der Waals surface area contributed by atoms with E-state index in [0.29, 0.717) is 12.3 Å². The summed E-state index contributed by atoms with van der Waals surface area (Å²) in [7, 11) is 0. The summed E-state index contributed by atoms with van der Waals surface area (Å²) in [5, 5.41) is 18.0. The molecule has 0 aliphatic carbocycles. The van der Waals surface area contributed by atoms with E-state index in [0.717, 1.165) is 57.0 Å². The molecule has 3 heterocycles. The molecule has 20 heavy (non-hydrogen) atoms. The number of aryl methyl sites for hydroxylation is 1. The molecule has 1 N–H and O–H groups in total. The van der Waals surface area contributed by atoms with Crippen molar-refractivity contribution in [3.8, 4) is 0 Å². The number of nitrogens with zero attached hydrogens (tertiary/aromatic N) is 4. The summed E-state index contributed by atoms with van der Waals surface area (Å²) >= 11 is 0. The van der Waals surface area contributed by atoms with Gasteiger partial charge in [-0.25, -0.2) is 4.79 Å². The highest BCUT2D eigenvalue weighted by Crippen LogP contribution is 2.33. The second kappa shape index (κ2) is 5.52. The third-order valence-corrected chi connectivity index (χ3v) is 4.67. The van der Waals surface area contributed by atoms with Gasteiger partial charge in [0, 0.05) is 12.3 Å². The van der Waals surface area contributed by atoms with Crippen LogP contribution in [0.15, 0.2) is 0 Å². The van der Waals surface area contributed by atoms with Crippen molar-refractivity contribution in [3.63, 3.8) is 0 Å². The van der Waals surface area contributed by atoms with Crippen molar-refractivity contribution < 1.29 is 9.90 Å². The lowest BCUT2D eigenvalue weighted by molar-refractivity contribution is -0.141. The van der Waals surface area contributed by atoms with Crippen LogP contribution in [0.5, 0.6) is 0 Å². The number of aromatic nitrogens is 3. The van der Waals surface area contributed by atoms with Gasteiger partial charge in [0.1, 0.15) is 17.7 Å². The third kappa shape index (κ3) is 2.32. The Labute approximate surface area is 118 Å². The molecule has 110 valence electrons. The van der Waals surface area contributed by atoms with Gasteiger partial charge in [0.15, 0.2) is 0 Å². The summed E-state index contributed by atoms with van der Waals surface area (Å²) in [6, 6.07) is -0.465. The number of carboxylic acids is 1. The quantitative estimate of drug-likeness (QED) is 0.906. The van der Waals surface area contributed by atoms with Gasteiger partial charge in [-0.05, 0) is 45.3 Å². The van der Waals surface area contributed by atoms with E-state index in [1.54, 1.807) is 0 Å². The van der Waals surface area contributed by atoms with Crippen LogP contribution in [0.2, 0.25) is 0 Å². The normalized spacial score (nSPS) is 24.6. The molecule has 0 saturated carbocycles. The summed E-state index contributed by atoms with van der Waals surface area (Å²) < 4.78 is 1.91. The summed E-state index contributed by atoms with van der Waals surface area (Å²) in [5.74, 6) is 1.37. The predicted octanol–water partition coefficient (Wildman–Crippen LogP) is 1.44. The Balaban J connectivity index is 1.85. The monoisotopic (exact) mass is 278 g/mol. The van der Waals surface area contributed by atoms with Crippen LogP contribution < -0.4 is 0 Å². The number of rotatable bonds is 3. The predicted molar refractivity (Wildman–Crippen MR) is 73.7 cm³/mol. The van der Waals surface area contributed by atoms with Crippen LogP contribution in [0.25, 0.3) is 0 Å². The zero-order valence-electron chi connectivity index (χ0n) is 12.0. The van der Waals surface area contributed by atoms with E-state index in [1.807, 2.05) is 4.57 Å². The van der Waals surface area contributed by atoms with Gasteiger partial charge in [-0.15, -0.1) is 10.2 Å². The summed E-state index contributed by atoms with van der Waals surface area (Å²) in [5.41, 5.74) is 0. The van der Waals surface area contributed by atoms with Crippen LogP contribution in [0.1, 0.15) is 56.2 Å². The number of hydrogen-bond donors (Lipinski definition) is 1. The zero-order valence-corrected chi connectivity index (χ0v) is 12.0. The lowest BCUT2D eigenvalue weighted by Gasteiger charge is -2.32. The second-order valence-electron chi connectivity index (χ2n) is 5.80. The third-order valence-electron chi connectivity index (χ3n) is 4.67. The fraction of sp³-hybridized carbons (Fsp3) is 0.786. The Kier molecular flexibility index (Phi) is 3.74.